The van der Waals surface area contributed by atoms with E-state index < -0.39 is 13.6 Å². The summed E-state index contributed by atoms with van der Waals surface area (Å²) in [6.07, 6.45) is 1.89. The highest BCUT2D eigenvalue weighted by atomic mass is 28.3. The van der Waals surface area contributed by atoms with Gasteiger partial charge in [-0.15, -0.1) is 0 Å². The molecule has 2 atom stereocenters. The second-order valence-corrected chi connectivity index (χ2v) is 15.6. The maximum atomic E-state index is 11.8. The molecule has 0 aromatic heterocycles. The van der Waals surface area contributed by atoms with E-state index in [1.807, 2.05) is 0 Å². The third-order valence-electron chi connectivity index (χ3n) is 8.64. The summed E-state index contributed by atoms with van der Waals surface area (Å²) >= 11 is 0. The maximum Gasteiger partial charge on any atom is 0.0976 e. The molecule has 34 heavy (non-hydrogen) atoms. The molecule has 0 aliphatic carbocycles. The Morgan fingerprint density at radius 3 is 1.56 bits per heavy atom. The molecule has 0 bridgehead atoms. The topological polar surface area (TPSA) is 23.5 Å². The summed E-state index contributed by atoms with van der Waals surface area (Å²) in [4.78, 5) is 2.65. The molecule has 0 amide bonds. The van der Waals surface area contributed by atoms with Crippen molar-refractivity contribution in [3.8, 4) is 0 Å². The lowest BCUT2D eigenvalue weighted by molar-refractivity contribution is 0.0426. The molecule has 0 spiro atoms. The predicted molar refractivity (Wildman–Crippen MR) is 147 cm³/mol. The Bertz CT molecular complexity index is 898. The first-order valence-corrected chi connectivity index (χ1v) is 16.1. The minimum Gasteiger partial charge on any atom is -0.392 e. The van der Waals surface area contributed by atoms with E-state index in [0.29, 0.717) is 0 Å². The highest BCUT2D eigenvalue weighted by molar-refractivity contribution is 6.79. The standard InChI is InChI=1S/C31H41NOSi/c1-4-34(5-2,6-3)25-30(33)29-23-16-24-32(29)31(26-17-10-7-11-18-26,27-19-12-8-13-20-27)28-21-14-9-15-22-28/h7-15,17-22,29-30,33H,4-6,16,23-25H2,1-3H3/t29-,30-/m0/s1. The first-order valence-electron chi connectivity index (χ1n) is 13.2. The van der Waals surface area contributed by atoms with Crippen molar-refractivity contribution in [1.29, 1.82) is 0 Å². The number of aliphatic hydroxyl groups is 1. The lowest BCUT2D eigenvalue weighted by Crippen LogP contribution is -2.55. The quantitative estimate of drug-likeness (QED) is 0.247. The monoisotopic (exact) mass is 471 g/mol. The van der Waals surface area contributed by atoms with Gasteiger partial charge < -0.3 is 5.11 Å². The van der Waals surface area contributed by atoms with Crippen molar-refractivity contribution in [3.63, 3.8) is 0 Å². The Morgan fingerprint density at radius 2 is 1.18 bits per heavy atom. The average molecular weight is 472 g/mol. The number of rotatable bonds is 10. The van der Waals surface area contributed by atoms with Gasteiger partial charge in [-0.1, -0.05) is 130 Å². The third-order valence-corrected chi connectivity index (χ3v) is 14.4. The molecule has 3 heteroatoms. The van der Waals surface area contributed by atoms with Gasteiger partial charge in [0.2, 0.25) is 0 Å². The number of hydrogen-bond acceptors (Lipinski definition) is 2. The van der Waals surface area contributed by atoms with E-state index in [2.05, 4.69) is 117 Å². The largest absolute Gasteiger partial charge is 0.392 e. The average Bonchev–Trinajstić information content (AvgIpc) is 3.40. The van der Waals surface area contributed by atoms with Crippen LogP contribution < -0.4 is 0 Å². The molecule has 1 heterocycles. The van der Waals surface area contributed by atoms with Gasteiger partial charge in [-0.3, -0.25) is 4.90 Å². The van der Waals surface area contributed by atoms with Crippen LogP contribution in [0, 0.1) is 0 Å². The summed E-state index contributed by atoms with van der Waals surface area (Å²) in [5.74, 6) is 0. The Balaban J connectivity index is 1.88. The number of hydrogen-bond donors (Lipinski definition) is 1. The van der Waals surface area contributed by atoms with Crippen LogP contribution in [0.15, 0.2) is 91.0 Å². The van der Waals surface area contributed by atoms with E-state index in [1.54, 1.807) is 0 Å². The molecule has 1 N–H and O–H groups in total. The summed E-state index contributed by atoms with van der Waals surface area (Å²) in [6.45, 7) is 8.03. The molecular weight excluding hydrogens is 430 g/mol. The van der Waals surface area contributed by atoms with Crippen LogP contribution in [0.3, 0.4) is 0 Å². The lowest BCUT2D eigenvalue weighted by atomic mass is 9.75. The van der Waals surface area contributed by atoms with Gasteiger partial charge in [-0.25, -0.2) is 0 Å². The van der Waals surface area contributed by atoms with Crippen LogP contribution in [0.1, 0.15) is 50.3 Å². The molecule has 3 aromatic carbocycles. The zero-order valence-electron chi connectivity index (χ0n) is 21.2. The molecule has 0 saturated carbocycles. The fourth-order valence-electron chi connectivity index (χ4n) is 6.41. The lowest BCUT2D eigenvalue weighted by Gasteiger charge is -2.48. The van der Waals surface area contributed by atoms with Crippen molar-refractivity contribution >= 4 is 8.07 Å². The van der Waals surface area contributed by atoms with Crippen LogP contribution >= 0.6 is 0 Å². The SMILES string of the molecule is CC[Si](CC)(CC)C[C@H](O)[C@@H]1CCCN1C(c1ccccc1)(c1ccccc1)c1ccccc1. The molecule has 1 aliphatic heterocycles. The molecule has 3 aromatic rings. The highest BCUT2D eigenvalue weighted by Gasteiger charge is 2.49. The summed E-state index contributed by atoms with van der Waals surface area (Å²) < 4.78 is 0. The van der Waals surface area contributed by atoms with E-state index in [0.717, 1.165) is 25.4 Å². The second-order valence-electron chi connectivity index (χ2n) is 10.0. The molecule has 2 nitrogen and oxygen atoms in total. The van der Waals surface area contributed by atoms with Gasteiger partial charge in [-0.05, 0) is 35.6 Å². The zero-order chi connectivity index (χ0) is 24.0. The van der Waals surface area contributed by atoms with Crippen molar-refractivity contribution in [1.82, 2.24) is 4.90 Å². The molecule has 1 saturated heterocycles. The van der Waals surface area contributed by atoms with Crippen LogP contribution in [-0.4, -0.2) is 36.8 Å². The first kappa shape index (κ1) is 24.9. The fraction of sp³-hybridized carbons (Fsp3) is 0.419. The number of benzene rings is 3. The summed E-state index contributed by atoms with van der Waals surface area (Å²) in [5.41, 5.74) is 3.39. The van der Waals surface area contributed by atoms with Crippen molar-refractivity contribution in [3.05, 3.63) is 108 Å². The Kier molecular flexibility index (Phi) is 8.08. The van der Waals surface area contributed by atoms with Gasteiger partial charge >= 0.3 is 0 Å². The van der Waals surface area contributed by atoms with Crippen molar-refractivity contribution in [2.24, 2.45) is 0 Å². The van der Waals surface area contributed by atoms with Crippen LogP contribution in [0.4, 0.5) is 0 Å². The van der Waals surface area contributed by atoms with Crippen LogP contribution in [0.25, 0.3) is 0 Å². The molecule has 180 valence electrons. The fourth-order valence-corrected chi connectivity index (χ4v) is 9.93. The van der Waals surface area contributed by atoms with Crippen molar-refractivity contribution in [2.45, 2.75) is 75.5 Å². The third kappa shape index (κ3) is 4.54. The first-order chi connectivity index (χ1) is 16.6. The van der Waals surface area contributed by atoms with Gasteiger partial charge in [-0.2, -0.15) is 0 Å². The van der Waals surface area contributed by atoms with Crippen LogP contribution in [0.2, 0.25) is 24.2 Å². The second kappa shape index (κ2) is 11.0. The van der Waals surface area contributed by atoms with Gasteiger partial charge in [0, 0.05) is 12.6 Å². The van der Waals surface area contributed by atoms with E-state index >= 15 is 0 Å². The Morgan fingerprint density at radius 1 is 0.765 bits per heavy atom. The summed E-state index contributed by atoms with van der Waals surface area (Å²) in [7, 11) is -1.45. The molecule has 0 radical (unpaired) electrons. The predicted octanol–water partition coefficient (Wildman–Crippen LogP) is 7.31. The summed E-state index contributed by atoms with van der Waals surface area (Å²) in [5, 5.41) is 11.8. The normalized spacial score (nSPS) is 18.2. The number of likely N-dealkylation sites (tertiary alicyclic amines) is 1. The Labute approximate surface area is 207 Å². The van der Waals surface area contributed by atoms with E-state index in [1.165, 1.54) is 34.8 Å². The minimum atomic E-state index is -1.45. The number of aliphatic hydroxyl groups excluding tert-OH is 1. The van der Waals surface area contributed by atoms with E-state index in [4.69, 9.17) is 0 Å². The molecule has 0 unspecified atom stereocenters. The molecular formula is C31H41NOSi. The van der Waals surface area contributed by atoms with Crippen LogP contribution in [-0.2, 0) is 5.54 Å². The zero-order valence-corrected chi connectivity index (χ0v) is 22.2. The summed E-state index contributed by atoms with van der Waals surface area (Å²) in [6, 6.07) is 37.8. The van der Waals surface area contributed by atoms with Gasteiger partial charge in [0.05, 0.1) is 19.7 Å². The molecule has 4 rings (SSSR count). The maximum absolute atomic E-state index is 11.8. The van der Waals surface area contributed by atoms with Gasteiger partial charge in [0.1, 0.15) is 0 Å². The van der Waals surface area contributed by atoms with Crippen LogP contribution in [0.5, 0.6) is 0 Å². The van der Waals surface area contributed by atoms with E-state index in [-0.39, 0.29) is 12.1 Å². The molecule has 1 fully saturated rings. The van der Waals surface area contributed by atoms with Crippen molar-refractivity contribution in [2.75, 3.05) is 6.54 Å². The number of nitrogens with zero attached hydrogens (tertiary/aromatic N) is 1. The van der Waals surface area contributed by atoms with E-state index in [9.17, 15) is 5.11 Å². The minimum absolute atomic E-state index is 0.150. The smallest absolute Gasteiger partial charge is 0.0976 e. The molecule has 1 aliphatic rings. The van der Waals surface area contributed by atoms with Crippen molar-refractivity contribution < 1.29 is 5.11 Å². The highest BCUT2D eigenvalue weighted by Crippen LogP contribution is 2.47. The van der Waals surface area contributed by atoms with Gasteiger partial charge in [0.15, 0.2) is 0 Å². The van der Waals surface area contributed by atoms with Gasteiger partial charge in [0.25, 0.3) is 0 Å². The Hall–Kier alpha value is -2.20.